The quantitative estimate of drug-likeness (QED) is 0.562. The maximum Gasteiger partial charge on any atom is 0.387 e. The molecule has 2 aromatic rings. The van der Waals surface area contributed by atoms with Crippen molar-refractivity contribution < 1.29 is 23.0 Å². The molecule has 2 fully saturated rings. The molecule has 8 nitrogen and oxygen atoms in total. The molecule has 1 aliphatic heterocycles. The number of aryl methyl sites for hydroxylation is 1. The summed E-state index contributed by atoms with van der Waals surface area (Å²) >= 11 is 0. The van der Waals surface area contributed by atoms with Gasteiger partial charge >= 0.3 is 6.61 Å². The molecule has 1 aliphatic carbocycles. The molecule has 1 aromatic carbocycles. The van der Waals surface area contributed by atoms with Crippen LogP contribution in [0.4, 0.5) is 14.5 Å². The first-order valence-electron chi connectivity index (χ1n) is 12.5. The number of hydrogen-bond acceptors (Lipinski definition) is 6. The Morgan fingerprint density at radius 1 is 1.20 bits per heavy atom. The molecule has 0 spiro atoms. The van der Waals surface area contributed by atoms with Gasteiger partial charge in [0.15, 0.2) is 17.3 Å². The van der Waals surface area contributed by atoms with Gasteiger partial charge in [0.25, 0.3) is 0 Å². The molecule has 35 heavy (non-hydrogen) atoms. The number of halogens is 2. The number of nitrogens with one attached hydrogen (secondary N) is 1. The Morgan fingerprint density at radius 2 is 1.97 bits per heavy atom. The molecule has 4 rings (SSSR count). The average molecular weight is 492 g/mol. The Balaban J connectivity index is 1.50. The number of aromatic amines is 1. The number of alkyl halides is 2. The number of anilines is 1. The number of ether oxygens (including phenoxy) is 2. The van der Waals surface area contributed by atoms with Gasteiger partial charge in [-0.05, 0) is 57.1 Å². The predicted octanol–water partition coefficient (Wildman–Crippen LogP) is 4.34. The van der Waals surface area contributed by atoms with Crippen LogP contribution in [0.25, 0.3) is 0 Å². The van der Waals surface area contributed by atoms with E-state index in [9.17, 15) is 13.6 Å². The van der Waals surface area contributed by atoms with E-state index in [2.05, 4.69) is 33.9 Å². The van der Waals surface area contributed by atoms with Crippen LogP contribution in [0, 0.1) is 12.8 Å². The van der Waals surface area contributed by atoms with E-state index in [1.165, 1.54) is 0 Å². The summed E-state index contributed by atoms with van der Waals surface area (Å²) in [5.41, 5.74) is 0.880. The molecule has 1 amide bonds. The summed E-state index contributed by atoms with van der Waals surface area (Å²) in [4.78, 5) is 21.5. The highest BCUT2D eigenvalue weighted by Crippen LogP contribution is 2.37. The van der Waals surface area contributed by atoms with Crippen LogP contribution in [-0.4, -0.2) is 64.4 Å². The first-order valence-corrected chi connectivity index (χ1v) is 12.5. The molecule has 0 unspecified atom stereocenters. The summed E-state index contributed by atoms with van der Waals surface area (Å²) in [6.07, 6.45) is 5.03. The number of piperazine rings is 1. The van der Waals surface area contributed by atoms with Crippen LogP contribution in [0.15, 0.2) is 18.2 Å². The zero-order valence-corrected chi connectivity index (χ0v) is 20.7. The van der Waals surface area contributed by atoms with Gasteiger partial charge in [-0.1, -0.05) is 13.8 Å². The summed E-state index contributed by atoms with van der Waals surface area (Å²) in [5, 5.41) is 6.89. The fourth-order valence-electron chi connectivity index (χ4n) is 5.03. The van der Waals surface area contributed by atoms with Gasteiger partial charge in [0.2, 0.25) is 5.91 Å². The lowest BCUT2D eigenvalue weighted by Crippen LogP contribution is -2.56. The molecule has 192 valence electrons. The van der Waals surface area contributed by atoms with Gasteiger partial charge in [-0.15, -0.1) is 0 Å². The normalized spacial score (nSPS) is 19.1. The highest BCUT2D eigenvalue weighted by atomic mass is 19.3. The number of hydrogen-bond donors (Lipinski definition) is 1. The number of aromatic nitrogens is 3. The average Bonchev–Trinajstić information content (AvgIpc) is 3.45. The molecule has 1 atom stereocenters. The standard InChI is InChI=1S/C25H35F2N5O3/c1-16(2)12-19-15-31(10-11-32(19)24(33)14-23-28-17(3)29-30-23)18-8-9-21(35-25(26)27)22(13-18)34-20-6-4-5-7-20/h8-9,13,16,19-20,25H,4-7,10-12,14-15H2,1-3H3,(H,28,29,30)/t19-/m0/s1. The van der Waals surface area contributed by atoms with Crippen molar-refractivity contribution >= 4 is 11.6 Å². The third-order valence-corrected chi connectivity index (χ3v) is 6.60. The number of nitrogens with zero attached hydrogens (tertiary/aromatic N) is 4. The minimum absolute atomic E-state index is 0.0141. The second-order valence-electron chi connectivity index (χ2n) is 9.86. The van der Waals surface area contributed by atoms with Crippen LogP contribution in [0.3, 0.4) is 0 Å². The second kappa shape index (κ2) is 11.2. The number of benzene rings is 1. The number of rotatable bonds is 9. The number of amides is 1. The maximum atomic E-state index is 13.1. The Bertz CT molecular complexity index is 993. The van der Waals surface area contributed by atoms with E-state index in [1.807, 2.05) is 11.8 Å². The Labute approximate surface area is 205 Å². The molecule has 1 saturated heterocycles. The smallest absolute Gasteiger partial charge is 0.387 e. The van der Waals surface area contributed by atoms with Crippen molar-refractivity contribution in [1.82, 2.24) is 20.1 Å². The van der Waals surface area contributed by atoms with E-state index >= 15 is 0 Å². The second-order valence-corrected chi connectivity index (χ2v) is 9.86. The zero-order valence-electron chi connectivity index (χ0n) is 20.7. The molecule has 1 aromatic heterocycles. The monoisotopic (exact) mass is 491 g/mol. The lowest BCUT2D eigenvalue weighted by atomic mass is 9.99. The highest BCUT2D eigenvalue weighted by Gasteiger charge is 2.32. The number of carbonyl (C=O) groups is 1. The molecule has 2 heterocycles. The fraction of sp³-hybridized carbons (Fsp3) is 0.640. The minimum Gasteiger partial charge on any atom is -0.486 e. The largest absolute Gasteiger partial charge is 0.486 e. The Kier molecular flexibility index (Phi) is 8.07. The molecule has 1 N–H and O–H groups in total. The van der Waals surface area contributed by atoms with Crippen LogP contribution >= 0.6 is 0 Å². The molecular formula is C25H35F2N5O3. The summed E-state index contributed by atoms with van der Waals surface area (Å²) in [6.45, 7) is 5.02. The van der Waals surface area contributed by atoms with Crippen LogP contribution in [0.5, 0.6) is 11.5 Å². The van der Waals surface area contributed by atoms with Gasteiger partial charge in [0.1, 0.15) is 5.82 Å². The van der Waals surface area contributed by atoms with E-state index < -0.39 is 6.61 Å². The van der Waals surface area contributed by atoms with Crippen molar-refractivity contribution in [3.8, 4) is 11.5 Å². The van der Waals surface area contributed by atoms with E-state index in [-0.39, 0.29) is 30.2 Å². The lowest BCUT2D eigenvalue weighted by molar-refractivity contribution is -0.133. The maximum absolute atomic E-state index is 13.1. The molecule has 1 saturated carbocycles. The molecule has 0 bridgehead atoms. The molecular weight excluding hydrogens is 456 g/mol. The molecule has 0 radical (unpaired) electrons. The van der Waals surface area contributed by atoms with Gasteiger partial charge < -0.3 is 19.3 Å². The van der Waals surface area contributed by atoms with Crippen molar-refractivity contribution in [2.24, 2.45) is 5.92 Å². The van der Waals surface area contributed by atoms with Gasteiger partial charge in [0.05, 0.1) is 12.5 Å². The molecule has 2 aliphatic rings. The summed E-state index contributed by atoms with van der Waals surface area (Å²) in [5.74, 6) is 2.02. The lowest BCUT2D eigenvalue weighted by Gasteiger charge is -2.43. The summed E-state index contributed by atoms with van der Waals surface area (Å²) in [6, 6.07) is 5.18. The first-order chi connectivity index (χ1) is 16.8. The van der Waals surface area contributed by atoms with Gasteiger partial charge in [-0.3, -0.25) is 9.89 Å². The molecule has 10 heteroatoms. The van der Waals surface area contributed by atoms with E-state index in [0.29, 0.717) is 43.0 Å². The van der Waals surface area contributed by atoms with E-state index in [1.54, 1.807) is 18.2 Å². The fourth-order valence-corrected chi connectivity index (χ4v) is 5.03. The van der Waals surface area contributed by atoms with Crippen LogP contribution in [0.2, 0.25) is 0 Å². The van der Waals surface area contributed by atoms with Crippen molar-refractivity contribution in [3.63, 3.8) is 0 Å². The van der Waals surface area contributed by atoms with E-state index in [4.69, 9.17) is 9.47 Å². The topological polar surface area (TPSA) is 83.6 Å². The van der Waals surface area contributed by atoms with Gasteiger partial charge in [-0.2, -0.15) is 13.9 Å². The van der Waals surface area contributed by atoms with Crippen molar-refractivity contribution in [1.29, 1.82) is 0 Å². The zero-order chi connectivity index (χ0) is 24.9. The summed E-state index contributed by atoms with van der Waals surface area (Å²) < 4.78 is 36.8. The third-order valence-electron chi connectivity index (χ3n) is 6.60. The highest BCUT2D eigenvalue weighted by molar-refractivity contribution is 5.78. The summed E-state index contributed by atoms with van der Waals surface area (Å²) in [7, 11) is 0. The third kappa shape index (κ3) is 6.61. The van der Waals surface area contributed by atoms with Crippen molar-refractivity contribution in [3.05, 3.63) is 29.8 Å². The van der Waals surface area contributed by atoms with Crippen molar-refractivity contribution in [2.45, 2.75) is 78.1 Å². The number of H-pyrrole nitrogens is 1. The van der Waals surface area contributed by atoms with Gasteiger partial charge in [0, 0.05) is 37.4 Å². The first kappa shape index (κ1) is 25.2. The SMILES string of the molecule is Cc1nc(CC(=O)N2CCN(c3ccc(OC(F)F)c(OC4CCCC4)c3)C[C@@H]2CC(C)C)n[nH]1. The van der Waals surface area contributed by atoms with Gasteiger partial charge in [-0.25, -0.2) is 4.98 Å². The van der Waals surface area contributed by atoms with Crippen molar-refractivity contribution in [2.75, 3.05) is 24.5 Å². The van der Waals surface area contributed by atoms with E-state index in [0.717, 1.165) is 37.8 Å². The minimum atomic E-state index is -2.91. The van der Waals surface area contributed by atoms with Crippen LogP contribution < -0.4 is 14.4 Å². The van der Waals surface area contributed by atoms with Crippen LogP contribution in [0.1, 0.15) is 57.6 Å². The number of carbonyl (C=O) groups excluding carboxylic acids is 1. The van der Waals surface area contributed by atoms with Crippen LogP contribution in [-0.2, 0) is 11.2 Å². The predicted molar refractivity (Wildman–Crippen MR) is 128 cm³/mol. The Morgan fingerprint density at radius 3 is 2.63 bits per heavy atom. The Hall–Kier alpha value is -2.91.